The molecule has 0 radical (unpaired) electrons. The third-order valence-corrected chi connectivity index (χ3v) is 6.00. The summed E-state index contributed by atoms with van der Waals surface area (Å²) in [6.45, 7) is 6.42. The van der Waals surface area contributed by atoms with E-state index in [0.717, 1.165) is 37.0 Å². The predicted molar refractivity (Wildman–Crippen MR) is 116 cm³/mol. The Morgan fingerprint density at radius 1 is 1.28 bits per heavy atom. The molecule has 7 heteroatoms. The molecular weight excluding hydrogens is 388 g/mol. The monoisotopic (exact) mass is 416 g/mol. The minimum absolute atomic E-state index is 0.0592. The maximum atomic E-state index is 12.4. The molecule has 1 aromatic rings. The van der Waals surface area contributed by atoms with Gasteiger partial charge in [-0.3, -0.25) is 9.59 Å². The van der Waals surface area contributed by atoms with E-state index < -0.39 is 0 Å². The highest BCUT2D eigenvalue weighted by Gasteiger charge is 2.31. The Balaban J connectivity index is 1.62. The van der Waals surface area contributed by atoms with Gasteiger partial charge in [-0.1, -0.05) is 31.5 Å². The van der Waals surface area contributed by atoms with Gasteiger partial charge in [0.25, 0.3) is 5.91 Å². The summed E-state index contributed by atoms with van der Waals surface area (Å²) >= 11 is 1.39. The number of rotatable bonds is 7. The first-order valence-electron chi connectivity index (χ1n) is 10.3. The van der Waals surface area contributed by atoms with E-state index in [4.69, 9.17) is 9.47 Å². The smallest absolute Gasteiger partial charge is 0.309 e. The van der Waals surface area contributed by atoms with Gasteiger partial charge in [-0.25, -0.2) is 0 Å². The van der Waals surface area contributed by atoms with Gasteiger partial charge in [-0.2, -0.15) is 4.99 Å². The van der Waals surface area contributed by atoms with Gasteiger partial charge >= 0.3 is 5.97 Å². The number of thioether (sulfide) groups is 1. The first kappa shape index (κ1) is 21.4. The summed E-state index contributed by atoms with van der Waals surface area (Å²) in [5.41, 5.74) is 0.886. The molecule has 0 N–H and O–H groups in total. The summed E-state index contributed by atoms with van der Waals surface area (Å²) in [4.78, 5) is 31.3. The molecule has 1 saturated heterocycles. The van der Waals surface area contributed by atoms with Crippen LogP contribution in [-0.4, -0.2) is 48.2 Å². The lowest BCUT2D eigenvalue weighted by Crippen LogP contribution is -2.39. The SMILES string of the molecule is CCCCOc1ccccc1C=C1SC(N2CCC(C(=O)OCC)CC2)=NC1=O. The molecule has 0 aliphatic carbocycles. The molecule has 156 valence electrons. The van der Waals surface area contributed by atoms with E-state index in [-0.39, 0.29) is 17.8 Å². The maximum Gasteiger partial charge on any atom is 0.309 e. The number of amidine groups is 1. The molecular formula is C22H28N2O4S. The Morgan fingerprint density at radius 3 is 2.76 bits per heavy atom. The standard InChI is InChI=1S/C22H28N2O4S/c1-3-5-14-28-18-9-7-6-8-17(18)15-19-20(25)23-22(29-19)24-12-10-16(11-13-24)21(26)27-4-2/h6-9,15-16H,3-5,10-14H2,1-2H3. The van der Waals surface area contributed by atoms with Crippen LogP contribution >= 0.6 is 11.8 Å². The van der Waals surface area contributed by atoms with Crippen LogP contribution in [0.1, 0.15) is 45.1 Å². The van der Waals surface area contributed by atoms with Crippen molar-refractivity contribution in [3.05, 3.63) is 34.7 Å². The fourth-order valence-corrected chi connectivity index (χ4v) is 4.25. The Bertz CT molecular complexity index is 798. The van der Waals surface area contributed by atoms with Crippen molar-refractivity contribution in [3.63, 3.8) is 0 Å². The Hall–Kier alpha value is -2.28. The lowest BCUT2D eigenvalue weighted by Gasteiger charge is -2.31. The number of ether oxygens (including phenoxy) is 2. The molecule has 2 aliphatic rings. The van der Waals surface area contributed by atoms with E-state index >= 15 is 0 Å². The summed E-state index contributed by atoms with van der Waals surface area (Å²) in [5, 5.41) is 0.716. The molecule has 1 amide bonds. The van der Waals surface area contributed by atoms with Crippen LogP contribution in [-0.2, 0) is 14.3 Å². The predicted octanol–water partition coefficient (Wildman–Crippen LogP) is 4.11. The van der Waals surface area contributed by atoms with Crippen molar-refractivity contribution in [2.45, 2.75) is 39.5 Å². The minimum atomic E-state index is -0.221. The second kappa shape index (κ2) is 10.5. The lowest BCUT2D eigenvalue weighted by atomic mass is 9.97. The van der Waals surface area contributed by atoms with Crippen LogP contribution in [0.25, 0.3) is 6.08 Å². The van der Waals surface area contributed by atoms with Gasteiger partial charge in [-0.15, -0.1) is 0 Å². The van der Waals surface area contributed by atoms with Gasteiger partial charge in [0.1, 0.15) is 5.75 Å². The van der Waals surface area contributed by atoms with Crippen molar-refractivity contribution in [1.29, 1.82) is 0 Å². The van der Waals surface area contributed by atoms with Crippen molar-refractivity contribution in [2.24, 2.45) is 10.9 Å². The molecule has 0 spiro atoms. The second-order valence-corrected chi connectivity index (χ2v) is 8.07. The van der Waals surface area contributed by atoms with E-state index in [1.54, 1.807) is 0 Å². The third-order valence-electron chi connectivity index (χ3n) is 4.96. The van der Waals surface area contributed by atoms with Crippen molar-refractivity contribution >= 4 is 34.9 Å². The molecule has 1 fully saturated rings. The number of aliphatic imine (C=N–C) groups is 1. The topological polar surface area (TPSA) is 68.2 Å². The number of hydrogen-bond acceptors (Lipinski definition) is 6. The zero-order valence-electron chi connectivity index (χ0n) is 17.1. The largest absolute Gasteiger partial charge is 0.493 e. The quantitative estimate of drug-likeness (QED) is 0.379. The normalized spacial score (nSPS) is 18.8. The molecule has 0 atom stereocenters. The van der Waals surface area contributed by atoms with Gasteiger partial charge in [0.2, 0.25) is 0 Å². The van der Waals surface area contributed by atoms with Crippen LogP contribution in [0.3, 0.4) is 0 Å². The number of piperidine rings is 1. The third kappa shape index (κ3) is 5.63. The highest BCUT2D eigenvalue weighted by molar-refractivity contribution is 8.18. The van der Waals surface area contributed by atoms with E-state index in [9.17, 15) is 9.59 Å². The summed E-state index contributed by atoms with van der Waals surface area (Å²) in [6, 6.07) is 7.74. The zero-order chi connectivity index (χ0) is 20.6. The number of carbonyl (C=O) groups excluding carboxylic acids is 2. The number of hydrogen-bond donors (Lipinski definition) is 0. The van der Waals surface area contributed by atoms with Crippen molar-refractivity contribution in [3.8, 4) is 5.75 Å². The van der Waals surface area contributed by atoms with Gasteiger partial charge in [0.05, 0.1) is 24.0 Å². The molecule has 0 aromatic heterocycles. The van der Waals surface area contributed by atoms with E-state index in [2.05, 4.69) is 16.8 Å². The van der Waals surface area contributed by atoms with E-state index in [0.29, 0.717) is 36.4 Å². The van der Waals surface area contributed by atoms with Gasteiger partial charge in [-0.05, 0) is 50.1 Å². The minimum Gasteiger partial charge on any atom is -0.493 e. The van der Waals surface area contributed by atoms with Gasteiger partial charge in [0.15, 0.2) is 5.17 Å². The lowest BCUT2D eigenvalue weighted by molar-refractivity contribution is -0.149. The van der Waals surface area contributed by atoms with E-state index in [1.165, 1.54) is 11.8 Å². The van der Waals surface area contributed by atoms with Crippen molar-refractivity contribution < 1.29 is 19.1 Å². The van der Waals surface area contributed by atoms with Crippen LogP contribution in [0.2, 0.25) is 0 Å². The van der Waals surface area contributed by atoms with Gasteiger partial charge in [0, 0.05) is 18.7 Å². The number of carbonyl (C=O) groups is 2. The number of nitrogens with zero attached hydrogens (tertiary/aromatic N) is 2. The highest BCUT2D eigenvalue weighted by atomic mass is 32.2. The van der Waals surface area contributed by atoms with Crippen LogP contribution < -0.4 is 4.74 Å². The second-order valence-electron chi connectivity index (χ2n) is 7.06. The van der Waals surface area contributed by atoms with Crippen LogP contribution in [0.4, 0.5) is 0 Å². The average molecular weight is 417 g/mol. The zero-order valence-corrected chi connectivity index (χ0v) is 17.9. The molecule has 0 saturated carbocycles. The molecule has 3 rings (SSSR count). The summed E-state index contributed by atoms with van der Waals surface area (Å²) in [6.07, 6.45) is 5.37. The Morgan fingerprint density at radius 2 is 2.03 bits per heavy atom. The fraction of sp³-hybridized carbons (Fsp3) is 0.500. The molecule has 29 heavy (non-hydrogen) atoms. The van der Waals surface area contributed by atoms with Crippen molar-refractivity contribution in [1.82, 2.24) is 4.90 Å². The van der Waals surface area contributed by atoms with Crippen molar-refractivity contribution in [2.75, 3.05) is 26.3 Å². The molecule has 0 bridgehead atoms. The molecule has 2 heterocycles. The molecule has 0 unspecified atom stereocenters. The summed E-state index contributed by atoms with van der Waals surface area (Å²) < 4.78 is 11.0. The molecule has 1 aromatic carbocycles. The number of unbranched alkanes of at least 4 members (excludes halogenated alkanes) is 1. The first-order chi connectivity index (χ1) is 14.1. The number of para-hydroxylation sites is 1. The number of esters is 1. The summed E-state index contributed by atoms with van der Waals surface area (Å²) in [7, 11) is 0. The van der Waals surface area contributed by atoms with Crippen LogP contribution in [0.15, 0.2) is 34.2 Å². The van der Waals surface area contributed by atoms with Crippen LogP contribution in [0.5, 0.6) is 5.75 Å². The number of benzene rings is 1. The average Bonchev–Trinajstić information content (AvgIpc) is 3.10. The first-order valence-corrected chi connectivity index (χ1v) is 11.1. The molecule has 2 aliphatic heterocycles. The highest BCUT2D eigenvalue weighted by Crippen LogP contribution is 2.34. The van der Waals surface area contributed by atoms with Crippen LogP contribution in [0, 0.1) is 5.92 Å². The van der Waals surface area contributed by atoms with E-state index in [1.807, 2.05) is 37.3 Å². The number of amides is 1. The summed E-state index contributed by atoms with van der Waals surface area (Å²) in [5.74, 6) is 0.381. The van der Waals surface area contributed by atoms with Gasteiger partial charge < -0.3 is 14.4 Å². The Labute approximate surface area is 176 Å². The number of likely N-dealkylation sites (tertiary alicyclic amines) is 1. The molecule has 6 nitrogen and oxygen atoms in total. The maximum absolute atomic E-state index is 12.4. The Kier molecular flexibility index (Phi) is 7.75. The fourth-order valence-electron chi connectivity index (χ4n) is 3.30.